The molecule has 0 aromatic carbocycles. The second-order valence-electron chi connectivity index (χ2n) is 3.89. The normalized spacial score (nSPS) is 30.8. The number of rotatable bonds is 1. The van der Waals surface area contributed by atoms with Gasteiger partial charge in [0, 0.05) is 5.92 Å². The molecular formula is C10H16O2. The van der Waals surface area contributed by atoms with Gasteiger partial charge in [0.2, 0.25) is 0 Å². The summed E-state index contributed by atoms with van der Waals surface area (Å²) in [5, 5.41) is 9.49. The summed E-state index contributed by atoms with van der Waals surface area (Å²) >= 11 is 0. The molecule has 0 unspecified atom stereocenters. The summed E-state index contributed by atoms with van der Waals surface area (Å²) in [5.41, 5.74) is 0.803. The zero-order chi connectivity index (χ0) is 9.30. The van der Waals surface area contributed by atoms with Gasteiger partial charge in [-0.3, -0.25) is 4.79 Å². The van der Waals surface area contributed by atoms with E-state index in [4.69, 9.17) is 0 Å². The van der Waals surface area contributed by atoms with E-state index in [0.717, 1.165) is 5.57 Å². The summed E-state index contributed by atoms with van der Waals surface area (Å²) < 4.78 is 0. The van der Waals surface area contributed by atoms with Crippen LogP contribution in [0.4, 0.5) is 0 Å². The second kappa shape index (κ2) is 3.40. The van der Waals surface area contributed by atoms with Crippen LogP contribution in [0.5, 0.6) is 0 Å². The van der Waals surface area contributed by atoms with E-state index in [1.807, 2.05) is 13.8 Å². The Balaban J connectivity index is 2.79. The SMILES string of the molecule is CC1=CC(=O)[C@@H](C(C)C)C[C@H]1O. The average molecular weight is 168 g/mol. The molecule has 0 spiro atoms. The highest BCUT2D eigenvalue weighted by Crippen LogP contribution is 2.26. The largest absolute Gasteiger partial charge is 0.389 e. The first kappa shape index (κ1) is 9.46. The van der Waals surface area contributed by atoms with Crippen molar-refractivity contribution in [1.82, 2.24) is 0 Å². The molecule has 1 rings (SSSR count). The van der Waals surface area contributed by atoms with Crippen molar-refractivity contribution in [2.45, 2.75) is 33.3 Å². The number of carbonyl (C=O) groups is 1. The van der Waals surface area contributed by atoms with Gasteiger partial charge in [0.05, 0.1) is 6.10 Å². The zero-order valence-corrected chi connectivity index (χ0v) is 7.87. The van der Waals surface area contributed by atoms with E-state index in [9.17, 15) is 9.90 Å². The van der Waals surface area contributed by atoms with Gasteiger partial charge in [-0.15, -0.1) is 0 Å². The monoisotopic (exact) mass is 168 g/mol. The number of aliphatic hydroxyl groups excluding tert-OH is 1. The Bertz CT molecular complexity index is 216. The molecule has 0 saturated heterocycles. The first-order valence-electron chi connectivity index (χ1n) is 4.42. The Labute approximate surface area is 73.3 Å². The van der Waals surface area contributed by atoms with Crippen molar-refractivity contribution >= 4 is 5.78 Å². The minimum atomic E-state index is -0.407. The van der Waals surface area contributed by atoms with E-state index >= 15 is 0 Å². The van der Waals surface area contributed by atoms with Crippen LogP contribution in [0.2, 0.25) is 0 Å². The molecule has 0 aromatic heterocycles. The molecule has 0 saturated carbocycles. The van der Waals surface area contributed by atoms with Crippen LogP contribution in [0.15, 0.2) is 11.6 Å². The molecule has 0 heterocycles. The predicted octanol–water partition coefficient (Wildman–Crippen LogP) is 1.54. The predicted molar refractivity (Wildman–Crippen MR) is 47.7 cm³/mol. The third kappa shape index (κ3) is 1.75. The van der Waals surface area contributed by atoms with E-state index in [2.05, 4.69) is 0 Å². The Morgan fingerprint density at radius 2 is 2.17 bits per heavy atom. The van der Waals surface area contributed by atoms with Gasteiger partial charge in [0.1, 0.15) is 0 Å². The van der Waals surface area contributed by atoms with Crippen molar-refractivity contribution in [3.8, 4) is 0 Å². The topological polar surface area (TPSA) is 37.3 Å². The van der Waals surface area contributed by atoms with Crippen LogP contribution in [0.25, 0.3) is 0 Å². The molecule has 2 nitrogen and oxygen atoms in total. The molecule has 1 aliphatic rings. The molecule has 0 bridgehead atoms. The van der Waals surface area contributed by atoms with Gasteiger partial charge in [0.15, 0.2) is 5.78 Å². The van der Waals surface area contributed by atoms with E-state index in [1.165, 1.54) is 0 Å². The van der Waals surface area contributed by atoms with Crippen molar-refractivity contribution in [3.63, 3.8) is 0 Å². The van der Waals surface area contributed by atoms with E-state index in [-0.39, 0.29) is 11.7 Å². The van der Waals surface area contributed by atoms with E-state index < -0.39 is 6.10 Å². The lowest BCUT2D eigenvalue weighted by Gasteiger charge is -2.26. The molecule has 0 fully saturated rings. The molecule has 2 atom stereocenters. The highest BCUT2D eigenvalue weighted by Gasteiger charge is 2.28. The lowest BCUT2D eigenvalue weighted by atomic mass is 9.80. The minimum Gasteiger partial charge on any atom is -0.389 e. The molecule has 68 valence electrons. The maximum atomic E-state index is 11.4. The van der Waals surface area contributed by atoms with Crippen molar-refractivity contribution in [2.75, 3.05) is 0 Å². The number of hydrogen-bond acceptors (Lipinski definition) is 2. The van der Waals surface area contributed by atoms with Crippen LogP contribution in [-0.2, 0) is 4.79 Å². The maximum absolute atomic E-state index is 11.4. The number of carbonyl (C=O) groups excluding carboxylic acids is 1. The fraction of sp³-hybridized carbons (Fsp3) is 0.700. The maximum Gasteiger partial charge on any atom is 0.159 e. The second-order valence-corrected chi connectivity index (χ2v) is 3.89. The summed E-state index contributed by atoms with van der Waals surface area (Å²) in [4.78, 5) is 11.4. The van der Waals surface area contributed by atoms with Gasteiger partial charge < -0.3 is 5.11 Å². The first-order valence-corrected chi connectivity index (χ1v) is 4.42. The fourth-order valence-corrected chi connectivity index (χ4v) is 1.57. The third-order valence-electron chi connectivity index (χ3n) is 2.54. The first-order chi connectivity index (χ1) is 5.52. The fourth-order valence-electron chi connectivity index (χ4n) is 1.57. The number of hydrogen-bond donors (Lipinski definition) is 1. The summed E-state index contributed by atoms with van der Waals surface area (Å²) in [6.45, 7) is 5.84. The summed E-state index contributed by atoms with van der Waals surface area (Å²) in [7, 11) is 0. The van der Waals surface area contributed by atoms with Crippen LogP contribution < -0.4 is 0 Å². The Kier molecular flexibility index (Phi) is 2.68. The number of ketones is 1. The van der Waals surface area contributed by atoms with Gasteiger partial charge in [-0.2, -0.15) is 0 Å². The van der Waals surface area contributed by atoms with Gasteiger partial charge in [0.25, 0.3) is 0 Å². The zero-order valence-electron chi connectivity index (χ0n) is 7.87. The van der Waals surface area contributed by atoms with Crippen molar-refractivity contribution in [2.24, 2.45) is 11.8 Å². The third-order valence-corrected chi connectivity index (χ3v) is 2.54. The Hall–Kier alpha value is -0.630. The average Bonchev–Trinajstić information content (AvgIpc) is 1.96. The van der Waals surface area contributed by atoms with Crippen molar-refractivity contribution in [1.29, 1.82) is 0 Å². The van der Waals surface area contributed by atoms with Crippen LogP contribution >= 0.6 is 0 Å². The summed E-state index contributed by atoms with van der Waals surface area (Å²) in [6, 6.07) is 0. The molecule has 0 amide bonds. The molecule has 1 N–H and O–H groups in total. The van der Waals surface area contributed by atoms with E-state index in [0.29, 0.717) is 12.3 Å². The van der Waals surface area contributed by atoms with Gasteiger partial charge in [-0.1, -0.05) is 13.8 Å². The standard InChI is InChI=1S/C10H16O2/c1-6(2)8-5-9(11)7(3)4-10(8)12/h4,6,8-9,11H,5H2,1-3H3/t8-,9-/m1/s1. The summed E-state index contributed by atoms with van der Waals surface area (Å²) in [5.74, 6) is 0.521. The quantitative estimate of drug-likeness (QED) is 0.644. The van der Waals surface area contributed by atoms with Gasteiger partial charge in [-0.05, 0) is 30.9 Å². The molecule has 0 aliphatic heterocycles. The highest BCUT2D eigenvalue weighted by molar-refractivity contribution is 5.93. The molecular weight excluding hydrogens is 152 g/mol. The van der Waals surface area contributed by atoms with Crippen molar-refractivity contribution < 1.29 is 9.90 Å². The van der Waals surface area contributed by atoms with Crippen LogP contribution in [0.3, 0.4) is 0 Å². The molecule has 0 aromatic rings. The number of allylic oxidation sites excluding steroid dienone is 1. The Morgan fingerprint density at radius 1 is 1.58 bits per heavy atom. The number of aliphatic hydroxyl groups is 1. The van der Waals surface area contributed by atoms with Crippen LogP contribution in [0.1, 0.15) is 27.2 Å². The molecule has 2 heteroatoms. The highest BCUT2D eigenvalue weighted by atomic mass is 16.3. The lowest BCUT2D eigenvalue weighted by Crippen LogP contribution is -2.29. The summed E-state index contributed by atoms with van der Waals surface area (Å²) in [6.07, 6.45) is 1.77. The van der Waals surface area contributed by atoms with Gasteiger partial charge >= 0.3 is 0 Å². The Morgan fingerprint density at radius 3 is 2.67 bits per heavy atom. The van der Waals surface area contributed by atoms with Crippen LogP contribution in [-0.4, -0.2) is 17.0 Å². The minimum absolute atomic E-state index is 0.0173. The van der Waals surface area contributed by atoms with E-state index in [1.54, 1.807) is 13.0 Å². The molecule has 0 radical (unpaired) electrons. The molecule has 1 aliphatic carbocycles. The lowest BCUT2D eigenvalue weighted by molar-refractivity contribution is -0.121. The molecule has 12 heavy (non-hydrogen) atoms. The smallest absolute Gasteiger partial charge is 0.159 e. The van der Waals surface area contributed by atoms with Gasteiger partial charge in [-0.25, -0.2) is 0 Å². The van der Waals surface area contributed by atoms with Crippen molar-refractivity contribution in [3.05, 3.63) is 11.6 Å². The van der Waals surface area contributed by atoms with Crippen LogP contribution in [0, 0.1) is 11.8 Å².